The quantitative estimate of drug-likeness (QED) is 0.840. The Morgan fingerprint density at radius 1 is 1.33 bits per heavy atom. The Balaban J connectivity index is 2.16. The number of anilines is 1. The van der Waals surface area contributed by atoms with Gasteiger partial charge in [0.1, 0.15) is 0 Å². The van der Waals surface area contributed by atoms with Crippen LogP contribution in [-0.4, -0.2) is 16.4 Å². The van der Waals surface area contributed by atoms with Crippen molar-refractivity contribution < 1.29 is 4.74 Å². The molecule has 1 aliphatic rings. The molecule has 0 amide bonds. The van der Waals surface area contributed by atoms with Gasteiger partial charge in [-0.05, 0) is 50.3 Å². The molecule has 2 aromatic rings. The van der Waals surface area contributed by atoms with Crippen LogP contribution in [0.1, 0.15) is 36.6 Å². The lowest BCUT2D eigenvalue weighted by molar-refractivity contribution is -0.0365. The molecule has 1 aromatic carbocycles. The number of nitrogen functional groups attached to an aromatic ring is 1. The van der Waals surface area contributed by atoms with Gasteiger partial charge in [-0.25, -0.2) is 4.68 Å². The molecule has 0 aliphatic carbocycles. The standard InChI is InChI=1S/C14H19N3O/c1-9-6-7-11-13(10(9)2)14(15)16-17(11)12-5-3-4-8-18-12/h6-7,12H,3-5,8H2,1-2H3,(H2,15,16). The molecule has 2 N–H and O–H groups in total. The molecule has 1 aromatic heterocycles. The van der Waals surface area contributed by atoms with Crippen LogP contribution in [-0.2, 0) is 4.74 Å². The maximum atomic E-state index is 6.07. The van der Waals surface area contributed by atoms with E-state index in [2.05, 4.69) is 31.1 Å². The van der Waals surface area contributed by atoms with Gasteiger partial charge >= 0.3 is 0 Å². The van der Waals surface area contributed by atoms with Crippen LogP contribution in [0.15, 0.2) is 12.1 Å². The van der Waals surface area contributed by atoms with Crippen molar-refractivity contribution >= 4 is 16.7 Å². The van der Waals surface area contributed by atoms with E-state index in [4.69, 9.17) is 10.5 Å². The first-order chi connectivity index (χ1) is 8.68. The molecule has 1 atom stereocenters. The fraction of sp³-hybridized carbons (Fsp3) is 0.500. The highest BCUT2D eigenvalue weighted by molar-refractivity contribution is 5.93. The molecule has 0 radical (unpaired) electrons. The van der Waals surface area contributed by atoms with Crippen molar-refractivity contribution in [1.82, 2.24) is 9.78 Å². The predicted molar refractivity (Wildman–Crippen MR) is 72.5 cm³/mol. The number of hydrogen-bond donors (Lipinski definition) is 1. The van der Waals surface area contributed by atoms with Gasteiger partial charge in [-0.3, -0.25) is 0 Å². The van der Waals surface area contributed by atoms with E-state index >= 15 is 0 Å². The van der Waals surface area contributed by atoms with Gasteiger partial charge in [0.2, 0.25) is 0 Å². The van der Waals surface area contributed by atoms with Crippen molar-refractivity contribution in [3.05, 3.63) is 23.3 Å². The van der Waals surface area contributed by atoms with Gasteiger partial charge in [0.15, 0.2) is 12.0 Å². The molecule has 3 rings (SSSR count). The minimum absolute atomic E-state index is 0.0423. The normalized spacial score (nSPS) is 20.4. The van der Waals surface area contributed by atoms with Gasteiger partial charge in [-0.1, -0.05) is 6.07 Å². The molecule has 1 saturated heterocycles. The highest BCUT2D eigenvalue weighted by Crippen LogP contribution is 2.31. The van der Waals surface area contributed by atoms with Crippen molar-refractivity contribution in [2.45, 2.75) is 39.3 Å². The molecule has 1 fully saturated rings. The zero-order chi connectivity index (χ0) is 12.7. The SMILES string of the molecule is Cc1ccc2c(c(N)nn2C2CCCCO2)c1C. The summed E-state index contributed by atoms with van der Waals surface area (Å²) in [6, 6.07) is 4.22. The van der Waals surface area contributed by atoms with E-state index in [0.717, 1.165) is 30.4 Å². The van der Waals surface area contributed by atoms with Crippen LogP contribution in [0.3, 0.4) is 0 Å². The van der Waals surface area contributed by atoms with Crippen LogP contribution < -0.4 is 5.73 Å². The number of hydrogen-bond acceptors (Lipinski definition) is 3. The lowest BCUT2D eigenvalue weighted by Gasteiger charge is -2.23. The van der Waals surface area contributed by atoms with Crippen LogP contribution >= 0.6 is 0 Å². The third-order valence-corrected chi connectivity index (χ3v) is 3.86. The van der Waals surface area contributed by atoms with Crippen LogP contribution in [0.25, 0.3) is 10.9 Å². The second-order valence-corrected chi connectivity index (χ2v) is 5.05. The van der Waals surface area contributed by atoms with Gasteiger partial charge in [-0.15, -0.1) is 0 Å². The van der Waals surface area contributed by atoms with E-state index in [-0.39, 0.29) is 6.23 Å². The number of fused-ring (bicyclic) bond motifs is 1. The summed E-state index contributed by atoms with van der Waals surface area (Å²) < 4.78 is 7.76. The highest BCUT2D eigenvalue weighted by Gasteiger charge is 2.21. The largest absolute Gasteiger partial charge is 0.382 e. The number of nitrogens with two attached hydrogens (primary N) is 1. The van der Waals surface area contributed by atoms with E-state index in [9.17, 15) is 0 Å². The molecule has 1 aliphatic heterocycles. The molecule has 4 heteroatoms. The van der Waals surface area contributed by atoms with Crippen molar-refractivity contribution in [3.63, 3.8) is 0 Å². The van der Waals surface area contributed by atoms with Gasteiger partial charge in [0.05, 0.1) is 5.52 Å². The summed E-state index contributed by atoms with van der Waals surface area (Å²) in [7, 11) is 0. The maximum absolute atomic E-state index is 6.07. The zero-order valence-electron chi connectivity index (χ0n) is 10.9. The average Bonchev–Trinajstić information content (AvgIpc) is 2.73. The molecule has 4 nitrogen and oxygen atoms in total. The van der Waals surface area contributed by atoms with Gasteiger partial charge in [-0.2, -0.15) is 5.10 Å². The van der Waals surface area contributed by atoms with E-state index in [1.165, 1.54) is 17.5 Å². The van der Waals surface area contributed by atoms with Gasteiger partial charge in [0.25, 0.3) is 0 Å². The van der Waals surface area contributed by atoms with E-state index in [1.807, 2.05) is 4.68 Å². The first-order valence-electron chi connectivity index (χ1n) is 6.54. The Labute approximate surface area is 107 Å². The lowest BCUT2D eigenvalue weighted by Crippen LogP contribution is -2.19. The smallest absolute Gasteiger partial charge is 0.153 e. The van der Waals surface area contributed by atoms with Crippen molar-refractivity contribution in [2.75, 3.05) is 12.3 Å². The molecular formula is C14H19N3O. The second kappa shape index (κ2) is 4.28. The monoisotopic (exact) mass is 245 g/mol. The van der Waals surface area contributed by atoms with E-state index < -0.39 is 0 Å². The highest BCUT2D eigenvalue weighted by atomic mass is 16.5. The zero-order valence-corrected chi connectivity index (χ0v) is 10.9. The average molecular weight is 245 g/mol. The van der Waals surface area contributed by atoms with E-state index in [1.54, 1.807) is 0 Å². The van der Waals surface area contributed by atoms with Crippen LogP contribution in [0, 0.1) is 13.8 Å². The summed E-state index contributed by atoms with van der Waals surface area (Å²) >= 11 is 0. The van der Waals surface area contributed by atoms with Crippen molar-refractivity contribution in [1.29, 1.82) is 0 Å². The number of aromatic nitrogens is 2. The number of ether oxygens (including phenoxy) is 1. The molecule has 1 unspecified atom stereocenters. The molecule has 2 heterocycles. The Morgan fingerprint density at radius 2 is 2.17 bits per heavy atom. The van der Waals surface area contributed by atoms with Crippen LogP contribution in [0.4, 0.5) is 5.82 Å². The van der Waals surface area contributed by atoms with Crippen LogP contribution in [0.5, 0.6) is 0 Å². The summed E-state index contributed by atoms with van der Waals surface area (Å²) in [5.41, 5.74) is 9.61. The molecule has 0 saturated carbocycles. The van der Waals surface area contributed by atoms with E-state index in [0.29, 0.717) is 5.82 Å². The summed E-state index contributed by atoms with van der Waals surface area (Å²) in [5, 5.41) is 5.56. The molecule has 0 bridgehead atoms. The minimum atomic E-state index is 0.0423. The topological polar surface area (TPSA) is 53.1 Å². The van der Waals surface area contributed by atoms with Gasteiger partial charge < -0.3 is 10.5 Å². The Bertz CT molecular complexity index is 582. The minimum Gasteiger partial charge on any atom is -0.382 e. The first kappa shape index (κ1) is 11.5. The summed E-state index contributed by atoms with van der Waals surface area (Å²) in [6.45, 7) is 5.02. The fourth-order valence-electron chi connectivity index (χ4n) is 2.67. The first-order valence-corrected chi connectivity index (χ1v) is 6.54. The van der Waals surface area contributed by atoms with Crippen LogP contribution in [0.2, 0.25) is 0 Å². The predicted octanol–water partition coefficient (Wildman–Crippen LogP) is 2.93. The number of aryl methyl sites for hydroxylation is 2. The number of rotatable bonds is 1. The van der Waals surface area contributed by atoms with Gasteiger partial charge in [0, 0.05) is 12.0 Å². The lowest BCUT2D eigenvalue weighted by atomic mass is 10.1. The Kier molecular flexibility index (Phi) is 2.74. The van der Waals surface area contributed by atoms with Crippen molar-refractivity contribution in [3.8, 4) is 0 Å². The Hall–Kier alpha value is -1.55. The second-order valence-electron chi connectivity index (χ2n) is 5.05. The third kappa shape index (κ3) is 1.68. The summed E-state index contributed by atoms with van der Waals surface area (Å²) in [4.78, 5) is 0. The molecule has 18 heavy (non-hydrogen) atoms. The summed E-state index contributed by atoms with van der Waals surface area (Å²) in [5.74, 6) is 0.611. The fourth-order valence-corrected chi connectivity index (χ4v) is 2.67. The molecule has 96 valence electrons. The van der Waals surface area contributed by atoms with Crippen molar-refractivity contribution in [2.24, 2.45) is 0 Å². The molecular weight excluding hydrogens is 226 g/mol. The Morgan fingerprint density at radius 3 is 2.89 bits per heavy atom. The number of benzene rings is 1. The molecule has 0 spiro atoms. The maximum Gasteiger partial charge on any atom is 0.153 e. The number of nitrogens with zero attached hydrogens (tertiary/aromatic N) is 2. The third-order valence-electron chi connectivity index (χ3n) is 3.86. The summed E-state index contributed by atoms with van der Waals surface area (Å²) in [6.07, 6.45) is 3.39.